The van der Waals surface area contributed by atoms with E-state index < -0.39 is 0 Å². The van der Waals surface area contributed by atoms with Crippen molar-refractivity contribution in [2.45, 2.75) is 39.3 Å². The monoisotopic (exact) mass is 250 g/mol. The summed E-state index contributed by atoms with van der Waals surface area (Å²) in [6.45, 7) is 8.85. The number of likely N-dealkylation sites (tertiary alicyclic amines) is 1. The van der Waals surface area contributed by atoms with Gasteiger partial charge in [-0.05, 0) is 51.8 Å². The van der Waals surface area contributed by atoms with Crippen LogP contribution in [0.2, 0.25) is 0 Å². The van der Waals surface area contributed by atoms with Gasteiger partial charge >= 0.3 is 0 Å². The zero-order chi connectivity index (χ0) is 13.0. The number of nitrogens with one attached hydrogen (secondary N) is 1. The van der Waals surface area contributed by atoms with Crippen LogP contribution in [0.1, 0.15) is 25.3 Å². The summed E-state index contributed by atoms with van der Waals surface area (Å²) in [5.41, 5.74) is 1.23. The Morgan fingerprint density at radius 2 is 2.39 bits per heavy atom. The molecule has 2 atom stereocenters. The van der Waals surface area contributed by atoms with E-state index in [9.17, 15) is 0 Å². The molecule has 1 aromatic heterocycles. The minimum Gasteiger partial charge on any atom is -0.312 e. The molecule has 1 aromatic rings. The molecule has 18 heavy (non-hydrogen) atoms. The smallest absolute Gasteiger partial charge is 0.0534 e. The molecule has 0 bridgehead atoms. The standard InChI is InChI=1S/C14H26N4/c1-12-9-16-18(10-12)8-6-15-13(2)14-5-4-7-17(3)11-14/h9-10,13-15H,4-8,11H2,1-3H3. The first-order valence-electron chi connectivity index (χ1n) is 7.06. The van der Waals surface area contributed by atoms with Gasteiger partial charge < -0.3 is 10.2 Å². The summed E-state index contributed by atoms with van der Waals surface area (Å²) in [5.74, 6) is 0.795. The van der Waals surface area contributed by atoms with Crippen LogP contribution in [0.3, 0.4) is 0 Å². The number of nitrogens with zero attached hydrogens (tertiary/aromatic N) is 3. The van der Waals surface area contributed by atoms with Gasteiger partial charge in [0.1, 0.15) is 0 Å². The first-order chi connectivity index (χ1) is 8.65. The summed E-state index contributed by atoms with van der Waals surface area (Å²) in [7, 11) is 2.23. The number of hydrogen-bond donors (Lipinski definition) is 1. The average molecular weight is 250 g/mol. The van der Waals surface area contributed by atoms with Crippen LogP contribution in [-0.4, -0.2) is 47.4 Å². The maximum atomic E-state index is 4.31. The molecule has 4 nitrogen and oxygen atoms in total. The van der Waals surface area contributed by atoms with Gasteiger partial charge in [-0.2, -0.15) is 5.10 Å². The van der Waals surface area contributed by atoms with E-state index in [1.807, 2.05) is 10.9 Å². The maximum Gasteiger partial charge on any atom is 0.0534 e. The molecule has 1 fully saturated rings. The predicted molar refractivity (Wildman–Crippen MR) is 74.6 cm³/mol. The Kier molecular flexibility index (Phi) is 4.78. The van der Waals surface area contributed by atoms with Crippen molar-refractivity contribution in [1.29, 1.82) is 0 Å². The van der Waals surface area contributed by atoms with Crippen LogP contribution in [0.25, 0.3) is 0 Å². The molecule has 2 rings (SSSR count). The third-order valence-electron chi connectivity index (χ3n) is 3.94. The second kappa shape index (κ2) is 6.34. The van der Waals surface area contributed by atoms with Gasteiger partial charge in [-0.1, -0.05) is 0 Å². The summed E-state index contributed by atoms with van der Waals surface area (Å²) in [4.78, 5) is 2.45. The molecular formula is C14H26N4. The van der Waals surface area contributed by atoms with Crippen LogP contribution in [-0.2, 0) is 6.54 Å². The molecule has 102 valence electrons. The summed E-state index contributed by atoms with van der Waals surface area (Å²) in [6, 6.07) is 0.601. The molecule has 4 heteroatoms. The number of aryl methyl sites for hydroxylation is 1. The van der Waals surface area contributed by atoms with E-state index in [-0.39, 0.29) is 0 Å². The average Bonchev–Trinajstić information content (AvgIpc) is 2.75. The summed E-state index contributed by atoms with van der Waals surface area (Å²) < 4.78 is 2.02. The molecular weight excluding hydrogens is 224 g/mol. The van der Waals surface area contributed by atoms with E-state index in [0.717, 1.165) is 19.0 Å². The van der Waals surface area contributed by atoms with Gasteiger partial charge in [0.15, 0.2) is 0 Å². The van der Waals surface area contributed by atoms with Crippen LogP contribution in [0.5, 0.6) is 0 Å². The van der Waals surface area contributed by atoms with Crippen molar-refractivity contribution in [3.8, 4) is 0 Å². The minimum atomic E-state index is 0.601. The molecule has 2 heterocycles. The van der Waals surface area contributed by atoms with Gasteiger partial charge in [-0.3, -0.25) is 4.68 Å². The second-order valence-corrected chi connectivity index (χ2v) is 5.69. The van der Waals surface area contributed by atoms with Gasteiger partial charge in [-0.25, -0.2) is 0 Å². The topological polar surface area (TPSA) is 33.1 Å². The van der Waals surface area contributed by atoms with E-state index in [2.05, 4.69) is 42.4 Å². The third kappa shape index (κ3) is 3.82. The number of aromatic nitrogens is 2. The largest absolute Gasteiger partial charge is 0.312 e. The lowest BCUT2D eigenvalue weighted by Gasteiger charge is -2.34. The van der Waals surface area contributed by atoms with Gasteiger partial charge in [0.05, 0.1) is 12.7 Å². The maximum absolute atomic E-state index is 4.31. The van der Waals surface area contributed by atoms with Crippen LogP contribution in [0, 0.1) is 12.8 Å². The first-order valence-corrected chi connectivity index (χ1v) is 7.06. The summed E-state index contributed by atoms with van der Waals surface area (Å²) in [5, 5.41) is 7.95. The highest BCUT2D eigenvalue weighted by molar-refractivity contribution is 4.99. The Hall–Kier alpha value is -0.870. The Labute approximate surface area is 110 Å². The highest BCUT2D eigenvalue weighted by Crippen LogP contribution is 2.18. The fourth-order valence-electron chi connectivity index (χ4n) is 2.78. The van der Waals surface area contributed by atoms with Crippen molar-refractivity contribution in [3.63, 3.8) is 0 Å². The Bertz CT molecular complexity index is 360. The second-order valence-electron chi connectivity index (χ2n) is 5.69. The van der Waals surface area contributed by atoms with Crippen molar-refractivity contribution in [2.24, 2.45) is 5.92 Å². The highest BCUT2D eigenvalue weighted by Gasteiger charge is 2.22. The molecule has 0 aromatic carbocycles. The molecule has 1 aliphatic rings. The lowest BCUT2D eigenvalue weighted by Crippen LogP contribution is -2.43. The lowest BCUT2D eigenvalue weighted by atomic mass is 9.92. The van der Waals surface area contributed by atoms with E-state index in [4.69, 9.17) is 0 Å². The van der Waals surface area contributed by atoms with Crippen molar-refractivity contribution in [1.82, 2.24) is 20.0 Å². The molecule has 0 aliphatic carbocycles. The zero-order valence-electron chi connectivity index (χ0n) is 11.9. The summed E-state index contributed by atoms with van der Waals surface area (Å²) >= 11 is 0. The van der Waals surface area contributed by atoms with Gasteiger partial charge in [0.25, 0.3) is 0 Å². The molecule has 2 unspecified atom stereocenters. The Balaban J connectivity index is 1.69. The molecule has 1 N–H and O–H groups in total. The first kappa shape index (κ1) is 13.6. The van der Waals surface area contributed by atoms with Crippen molar-refractivity contribution < 1.29 is 0 Å². The normalized spacial score (nSPS) is 23.2. The van der Waals surface area contributed by atoms with Crippen LogP contribution in [0.15, 0.2) is 12.4 Å². The Morgan fingerprint density at radius 1 is 1.56 bits per heavy atom. The fraction of sp³-hybridized carbons (Fsp3) is 0.786. The van der Waals surface area contributed by atoms with E-state index in [1.54, 1.807) is 0 Å². The minimum absolute atomic E-state index is 0.601. The van der Waals surface area contributed by atoms with Crippen LogP contribution >= 0.6 is 0 Å². The number of hydrogen-bond acceptors (Lipinski definition) is 3. The molecule has 0 amide bonds. The van der Waals surface area contributed by atoms with Gasteiger partial charge in [0.2, 0.25) is 0 Å². The fourth-order valence-corrected chi connectivity index (χ4v) is 2.78. The van der Waals surface area contributed by atoms with Crippen molar-refractivity contribution in [2.75, 3.05) is 26.7 Å². The van der Waals surface area contributed by atoms with E-state index in [1.165, 1.54) is 31.5 Å². The number of piperidine rings is 1. The highest BCUT2D eigenvalue weighted by atomic mass is 15.3. The molecule has 0 saturated carbocycles. The quantitative estimate of drug-likeness (QED) is 0.860. The molecule has 0 radical (unpaired) electrons. The van der Waals surface area contributed by atoms with Gasteiger partial charge in [0, 0.05) is 25.3 Å². The van der Waals surface area contributed by atoms with Crippen molar-refractivity contribution in [3.05, 3.63) is 18.0 Å². The van der Waals surface area contributed by atoms with Crippen LogP contribution in [0.4, 0.5) is 0 Å². The predicted octanol–water partition coefficient (Wildman–Crippen LogP) is 1.51. The van der Waals surface area contributed by atoms with Crippen molar-refractivity contribution >= 4 is 0 Å². The zero-order valence-corrected chi connectivity index (χ0v) is 11.9. The van der Waals surface area contributed by atoms with Gasteiger partial charge in [-0.15, -0.1) is 0 Å². The van der Waals surface area contributed by atoms with E-state index in [0.29, 0.717) is 6.04 Å². The molecule has 1 aliphatic heterocycles. The SMILES string of the molecule is Cc1cnn(CCNC(C)C2CCCN(C)C2)c1. The summed E-state index contributed by atoms with van der Waals surface area (Å²) in [6.07, 6.45) is 6.71. The molecule has 0 spiro atoms. The Morgan fingerprint density at radius 3 is 3.06 bits per heavy atom. The van der Waals surface area contributed by atoms with E-state index >= 15 is 0 Å². The number of rotatable bonds is 5. The third-order valence-corrected chi connectivity index (χ3v) is 3.94. The lowest BCUT2D eigenvalue weighted by molar-refractivity contribution is 0.178. The molecule has 1 saturated heterocycles. The van der Waals surface area contributed by atoms with Crippen LogP contribution < -0.4 is 5.32 Å².